The molecule has 0 bridgehead atoms. The number of amides is 1. The second-order valence-electron chi connectivity index (χ2n) is 6.32. The van der Waals surface area contributed by atoms with E-state index in [2.05, 4.69) is 43.0 Å². The minimum Gasteiger partial charge on any atom is -0.339 e. The molecule has 116 valence electrons. The molecule has 0 aromatic heterocycles. The molecule has 1 aromatic carbocycles. The van der Waals surface area contributed by atoms with E-state index >= 15 is 0 Å². The Kier molecular flexibility index (Phi) is 5.80. The highest BCUT2D eigenvalue weighted by Crippen LogP contribution is 2.23. The number of nitrogens with zero attached hydrogens (tertiary/aromatic N) is 1. The van der Waals surface area contributed by atoms with Crippen LogP contribution in [0.5, 0.6) is 0 Å². The van der Waals surface area contributed by atoms with Crippen molar-refractivity contribution in [1.82, 2.24) is 4.90 Å². The van der Waals surface area contributed by atoms with E-state index < -0.39 is 0 Å². The minimum atomic E-state index is 0.265. The van der Waals surface area contributed by atoms with Crippen LogP contribution in [0.2, 0.25) is 0 Å². The van der Waals surface area contributed by atoms with E-state index in [1.807, 2.05) is 0 Å². The molecule has 0 saturated heterocycles. The Bertz CT molecular complexity index is 447. The molecule has 21 heavy (non-hydrogen) atoms. The Labute approximate surface area is 128 Å². The maximum atomic E-state index is 12.7. The molecular weight excluding hydrogens is 260 g/mol. The van der Waals surface area contributed by atoms with Crippen LogP contribution >= 0.6 is 0 Å². The molecule has 0 aliphatic heterocycles. The lowest BCUT2D eigenvalue weighted by Crippen LogP contribution is -2.45. The number of aryl methyl sites for hydroxylation is 1. The molecule has 0 unspecified atom stereocenters. The first kappa shape index (κ1) is 16.0. The van der Waals surface area contributed by atoms with Crippen LogP contribution in [0.3, 0.4) is 0 Å². The van der Waals surface area contributed by atoms with Crippen LogP contribution in [0, 0.1) is 6.92 Å². The molecule has 3 nitrogen and oxygen atoms in total. The molecule has 0 atom stereocenters. The zero-order valence-corrected chi connectivity index (χ0v) is 13.3. The van der Waals surface area contributed by atoms with Gasteiger partial charge in [0, 0.05) is 18.6 Å². The summed E-state index contributed by atoms with van der Waals surface area (Å²) in [5, 5.41) is 0. The number of benzene rings is 1. The van der Waals surface area contributed by atoms with Gasteiger partial charge in [0.1, 0.15) is 0 Å². The van der Waals surface area contributed by atoms with Gasteiger partial charge in [-0.15, -0.1) is 0 Å². The van der Waals surface area contributed by atoms with E-state index in [9.17, 15) is 4.79 Å². The van der Waals surface area contributed by atoms with Gasteiger partial charge in [0.2, 0.25) is 5.91 Å². The lowest BCUT2D eigenvalue weighted by Gasteiger charge is -2.36. The Morgan fingerprint density at radius 1 is 1.19 bits per heavy atom. The van der Waals surface area contributed by atoms with Gasteiger partial charge in [-0.05, 0) is 44.6 Å². The van der Waals surface area contributed by atoms with Gasteiger partial charge in [-0.1, -0.05) is 36.8 Å². The molecule has 0 spiro atoms. The highest BCUT2D eigenvalue weighted by atomic mass is 16.2. The number of hydrogen-bond donors (Lipinski definition) is 1. The van der Waals surface area contributed by atoms with Gasteiger partial charge in [-0.2, -0.15) is 0 Å². The minimum absolute atomic E-state index is 0.265. The topological polar surface area (TPSA) is 46.3 Å². The molecule has 1 amide bonds. The Balaban J connectivity index is 1.99. The molecule has 0 heterocycles. The average molecular weight is 288 g/mol. The summed E-state index contributed by atoms with van der Waals surface area (Å²) in [5.41, 5.74) is 8.33. The summed E-state index contributed by atoms with van der Waals surface area (Å²) in [6, 6.07) is 9.00. The van der Waals surface area contributed by atoms with E-state index in [0.717, 1.165) is 44.2 Å². The molecule has 1 aliphatic carbocycles. The third-order valence-corrected chi connectivity index (χ3v) is 4.44. The second kappa shape index (κ2) is 7.60. The van der Waals surface area contributed by atoms with Gasteiger partial charge in [-0.25, -0.2) is 0 Å². The van der Waals surface area contributed by atoms with Gasteiger partial charge in [-0.3, -0.25) is 4.79 Å². The van der Waals surface area contributed by atoms with E-state index in [4.69, 9.17) is 5.73 Å². The van der Waals surface area contributed by atoms with Crippen LogP contribution in [-0.2, 0) is 11.2 Å². The van der Waals surface area contributed by atoms with Crippen molar-refractivity contribution in [2.45, 2.75) is 64.5 Å². The largest absolute Gasteiger partial charge is 0.339 e. The van der Waals surface area contributed by atoms with Crippen molar-refractivity contribution in [1.29, 1.82) is 0 Å². The molecular formula is C18H28N2O. The number of carbonyl (C=O) groups excluding carboxylic acids is 1. The molecule has 1 fully saturated rings. The lowest BCUT2D eigenvalue weighted by atomic mass is 9.90. The standard InChI is InChI=1S/C18H28N2O/c1-3-12-20(17-10-8-16(19)9-11-17)18(21)13-15-6-4-14(2)5-7-15/h4-7,16-17H,3,8-13,19H2,1-2H3. The van der Waals surface area contributed by atoms with Crippen LogP contribution in [-0.4, -0.2) is 29.4 Å². The number of nitrogens with two attached hydrogens (primary N) is 1. The summed E-state index contributed by atoms with van der Waals surface area (Å²) >= 11 is 0. The van der Waals surface area contributed by atoms with Crippen molar-refractivity contribution in [3.8, 4) is 0 Å². The number of rotatable bonds is 5. The first-order chi connectivity index (χ1) is 10.1. The third-order valence-electron chi connectivity index (χ3n) is 4.44. The average Bonchev–Trinajstić information content (AvgIpc) is 2.48. The third kappa shape index (κ3) is 4.57. The van der Waals surface area contributed by atoms with Gasteiger partial charge < -0.3 is 10.6 Å². The summed E-state index contributed by atoms with van der Waals surface area (Å²) in [6.45, 7) is 5.07. The van der Waals surface area contributed by atoms with Crippen LogP contribution in [0.4, 0.5) is 0 Å². The highest BCUT2D eigenvalue weighted by molar-refractivity contribution is 5.79. The Hall–Kier alpha value is -1.35. The molecule has 1 saturated carbocycles. The monoisotopic (exact) mass is 288 g/mol. The van der Waals surface area contributed by atoms with Crippen LogP contribution in [0.1, 0.15) is 50.2 Å². The zero-order valence-electron chi connectivity index (χ0n) is 13.3. The van der Waals surface area contributed by atoms with Crippen molar-refractivity contribution in [2.75, 3.05) is 6.54 Å². The SMILES string of the molecule is CCCN(C(=O)Cc1ccc(C)cc1)C1CCC(N)CC1. The maximum Gasteiger partial charge on any atom is 0.227 e. The van der Waals surface area contributed by atoms with E-state index in [-0.39, 0.29) is 5.91 Å². The molecule has 0 radical (unpaired) electrons. The fourth-order valence-corrected chi connectivity index (χ4v) is 3.15. The fourth-order valence-electron chi connectivity index (χ4n) is 3.15. The van der Waals surface area contributed by atoms with Gasteiger partial charge in [0.25, 0.3) is 0 Å². The maximum absolute atomic E-state index is 12.7. The zero-order chi connectivity index (χ0) is 15.2. The predicted octanol–water partition coefficient (Wildman–Crippen LogP) is 3.05. The summed E-state index contributed by atoms with van der Waals surface area (Å²) in [5.74, 6) is 0.265. The lowest BCUT2D eigenvalue weighted by molar-refractivity contribution is -0.133. The van der Waals surface area contributed by atoms with Crippen LogP contribution in [0.25, 0.3) is 0 Å². The molecule has 2 rings (SSSR count). The van der Waals surface area contributed by atoms with E-state index in [0.29, 0.717) is 18.5 Å². The first-order valence-corrected chi connectivity index (χ1v) is 8.20. The Morgan fingerprint density at radius 3 is 2.38 bits per heavy atom. The summed E-state index contributed by atoms with van der Waals surface area (Å²) in [4.78, 5) is 14.8. The van der Waals surface area contributed by atoms with Crippen molar-refractivity contribution >= 4 is 5.91 Å². The quantitative estimate of drug-likeness (QED) is 0.905. The molecule has 3 heteroatoms. The fraction of sp³-hybridized carbons (Fsp3) is 0.611. The highest BCUT2D eigenvalue weighted by Gasteiger charge is 2.26. The van der Waals surface area contributed by atoms with Crippen molar-refractivity contribution in [3.05, 3.63) is 35.4 Å². The number of carbonyl (C=O) groups is 1. The summed E-state index contributed by atoms with van der Waals surface area (Å²) < 4.78 is 0. The second-order valence-corrected chi connectivity index (χ2v) is 6.32. The number of hydrogen-bond acceptors (Lipinski definition) is 2. The van der Waals surface area contributed by atoms with Crippen molar-refractivity contribution < 1.29 is 4.79 Å². The van der Waals surface area contributed by atoms with Gasteiger partial charge >= 0.3 is 0 Å². The molecule has 2 N–H and O–H groups in total. The van der Waals surface area contributed by atoms with Crippen LogP contribution < -0.4 is 5.73 Å². The first-order valence-electron chi connectivity index (χ1n) is 8.20. The van der Waals surface area contributed by atoms with Gasteiger partial charge in [0.15, 0.2) is 0 Å². The molecule has 1 aliphatic rings. The van der Waals surface area contributed by atoms with Crippen LogP contribution in [0.15, 0.2) is 24.3 Å². The Morgan fingerprint density at radius 2 is 1.81 bits per heavy atom. The van der Waals surface area contributed by atoms with E-state index in [1.54, 1.807) is 0 Å². The molecule has 1 aromatic rings. The summed E-state index contributed by atoms with van der Waals surface area (Å²) in [7, 11) is 0. The van der Waals surface area contributed by atoms with E-state index in [1.165, 1.54) is 5.56 Å². The summed E-state index contributed by atoms with van der Waals surface area (Å²) in [6.07, 6.45) is 5.73. The van der Waals surface area contributed by atoms with Crippen molar-refractivity contribution in [2.24, 2.45) is 5.73 Å². The smallest absolute Gasteiger partial charge is 0.227 e. The van der Waals surface area contributed by atoms with Crippen molar-refractivity contribution in [3.63, 3.8) is 0 Å². The van der Waals surface area contributed by atoms with Gasteiger partial charge in [0.05, 0.1) is 6.42 Å². The normalized spacial score (nSPS) is 22.0. The predicted molar refractivity (Wildman–Crippen MR) is 87.1 cm³/mol.